The lowest BCUT2D eigenvalue weighted by molar-refractivity contribution is 0.474. The highest BCUT2D eigenvalue weighted by atomic mass is 32.1. The molecular formula is C18H25N3OS. The van der Waals surface area contributed by atoms with Crippen LogP contribution in [0.3, 0.4) is 0 Å². The van der Waals surface area contributed by atoms with Gasteiger partial charge in [0.1, 0.15) is 5.75 Å². The smallest absolute Gasteiger partial charge is 0.191 e. The molecule has 0 fully saturated rings. The SMILES string of the molecule is CCNC(=NCC(C)c1ccsc1)NCCc1cccc(O)c1. The minimum absolute atomic E-state index is 0.313. The molecule has 0 saturated heterocycles. The highest BCUT2D eigenvalue weighted by Crippen LogP contribution is 2.18. The number of guanidine groups is 1. The summed E-state index contributed by atoms with van der Waals surface area (Å²) < 4.78 is 0. The van der Waals surface area contributed by atoms with Crippen molar-refractivity contribution in [2.45, 2.75) is 26.2 Å². The zero-order chi connectivity index (χ0) is 16.5. The molecule has 0 aliphatic heterocycles. The Hall–Kier alpha value is -2.01. The van der Waals surface area contributed by atoms with E-state index in [2.05, 4.69) is 46.3 Å². The fraction of sp³-hybridized carbons (Fsp3) is 0.389. The fourth-order valence-electron chi connectivity index (χ4n) is 2.27. The minimum Gasteiger partial charge on any atom is -0.508 e. The van der Waals surface area contributed by atoms with Crippen LogP contribution in [0.15, 0.2) is 46.1 Å². The molecule has 3 N–H and O–H groups in total. The minimum atomic E-state index is 0.313. The molecule has 0 radical (unpaired) electrons. The van der Waals surface area contributed by atoms with Gasteiger partial charge in [0.05, 0.1) is 0 Å². The summed E-state index contributed by atoms with van der Waals surface area (Å²) >= 11 is 1.72. The molecule has 1 aromatic heterocycles. The molecule has 0 saturated carbocycles. The van der Waals surface area contributed by atoms with E-state index in [1.807, 2.05) is 12.1 Å². The Morgan fingerprint density at radius 3 is 2.87 bits per heavy atom. The summed E-state index contributed by atoms with van der Waals surface area (Å²) in [5.41, 5.74) is 2.45. The zero-order valence-electron chi connectivity index (χ0n) is 13.7. The Bertz CT molecular complexity index is 610. The molecule has 0 aliphatic carbocycles. The molecule has 2 aromatic rings. The van der Waals surface area contributed by atoms with Crippen molar-refractivity contribution in [3.63, 3.8) is 0 Å². The Morgan fingerprint density at radius 1 is 1.30 bits per heavy atom. The second-order valence-electron chi connectivity index (χ2n) is 5.52. The number of nitrogens with zero attached hydrogens (tertiary/aromatic N) is 1. The topological polar surface area (TPSA) is 56.7 Å². The number of phenolic OH excluding ortho intramolecular Hbond substituents is 1. The van der Waals surface area contributed by atoms with Crippen molar-refractivity contribution in [3.05, 3.63) is 52.2 Å². The van der Waals surface area contributed by atoms with E-state index in [0.717, 1.165) is 37.6 Å². The maximum atomic E-state index is 9.49. The van der Waals surface area contributed by atoms with E-state index in [1.165, 1.54) is 5.56 Å². The van der Waals surface area contributed by atoms with Crippen molar-refractivity contribution in [1.82, 2.24) is 10.6 Å². The first kappa shape index (κ1) is 17.3. The van der Waals surface area contributed by atoms with Gasteiger partial charge in [-0.2, -0.15) is 11.3 Å². The van der Waals surface area contributed by atoms with Crippen molar-refractivity contribution < 1.29 is 5.11 Å². The molecule has 0 aliphatic rings. The maximum absolute atomic E-state index is 9.49. The average Bonchev–Trinajstić information content (AvgIpc) is 3.07. The molecule has 23 heavy (non-hydrogen) atoms. The molecule has 0 spiro atoms. The standard InChI is InChI=1S/C18H25N3OS/c1-3-19-18(21-12-14(2)16-8-10-23-13-16)20-9-7-15-5-4-6-17(22)11-15/h4-6,8,10-11,13-14,22H,3,7,9,12H2,1-2H3,(H2,19,20,21). The highest BCUT2D eigenvalue weighted by Gasteiger charge is 2.06. The molecular weight excluding hydrogens is 306 g/mol. The Labute approximate surface area is 142 Å². The fourth-order valence-corrected chi connectivity index (χ4v) is 3.05. The average molecular weight is 331 g/mol. The highest BCUT2D eigenvalue weighted by molar-refractivity contribution is 7.07. The Balaban J connectivity index is 1.84. The molecule has 4 nitrogen and oxygen atoms in total. The summed E-state index contributed by atoms with van der Waals surface area (Å²) in [5, 5.41) is 20.4. The normalized spacial score (nSPS) is 12.9. The Kier molecular flexibility index (Phi) is 6.94. The summed E-state index contributed by atoms with van der Waals surface area (Å²) in [6.07, 6.45) is 0.846. The van der Waals surface area contributed by atoms with Gasteiger partial charge in [-0.25, -0.2) is 0 Å². The number of benzene rings is 1. The number of thiophene rings is 1. The van der Waals surface area contributed by atoms with Gasteiger partial charge in [0.25, 0.3) is 0 Å². The second kappa shape index (κ2) is 9.20. The van der Waals surface area contributed by atoms with Crippen molar-refractivity contribution in [1.29, 1.82) is 0 Å². The first-order valence-electron chi connectivity index (χ1n) is 8.01. The van der Waals surface area contributed by atoms with Crippen LogP contribution in [0.1, 0.15) is 30.9 Å². The van der Waals surface area contributed by atoms with Gasteiger partial charge in [0.2, 0.25) is 0 Å². The van der Waals surface area contributed by atoms with Gasteiger partial charge >= 0.3 is 0 Å². The summed E-state index contributed by atoms with van der Waals surface area (Å²) in [7, 11) is 0. The van der Waals surface area contributed by atoms with Crippen LogP contribution in [0.5, 0.6) is 5.75 Å². The first-order chi connectivity index (χ1) is 11.2. The molecule has 1 heterocycles. The number of aliphatic imine (C=N–C) groups is 1. The quantitative estimate of drug-likeness (QED) is 0.539. The molecule has 0 amide bonds. The van der Waals surface area contributed by atoms with Crippen molar-refractivity contribution in [3.8, 4) is 5.75 Å². The lowest BCUT2D eigenvalue weighted by Gasteiger charge is -2.13. The predicted molar refractivity (Wildman–Crippen MR) is 98.5 cm³/mol. The maximum Gasteiger partial charge on any atom is 0.191 e. The van der Waals surface area contributed by atoms with Gasteiger partial charge in [-0.05, 0) is 53.4 Å². The van der Waals surface area contributed by atoms with E-state index < -0.39 is 0 Å². The molecule has 1 aromatic carbocycles. The van der Waals surface area contributed by atoms with Gasteiger partial charge < -0.3 is 15.7 Å². The summed E-state index contributed by atoms with van der Waals surface area (Å²) in [4.78, 5) is 4.67. The van der Waals surface area contributed by atoms with E-state index in [1.54, 1.807) is 23.5 Å². The monoisotopic (exact) mass is 331 g/mol. The van der Waals surface area contributed by atoms with Crippen molar-refractivity contribution in [2.24, 2.45) is 4.99 Å². The van der Waals surface area contributed by atoms with Gasteiger partial charge in [0, 0.05) is 25.6 Å². The Morgan fingerprint density at radius 2 is 2.17 bits per heavy atom. The van der Waals surface area contributed by atoms with Crippen LogP contribution in [-0.4, -0.2) is 30.7 Å². The number of hydrogen-bond acceptors (Lipinski definition) is 3. The van der Waals surface area contributed by atoms with E-state index in [0.29, 0.717) is 11.7 Å². The number of nitrogens with one attached hydrogen (secondary N) is 2. The van der Waals surface area contributed by atoms with Crippen LogP contribution in [0.4, 0.5) is 0 Å². The lowest BCUT2D eigenvalue weighted by atomic mass is 10.1. The summed E-state index contributed by atoms with van der Waals surface area (Å²) in [6, 6.07) is 9.53. The van der Waals surface area contributed by atoms with E-state index in [9.17, 15) is 5.11 Å². The van der Waals surface area contributed by atoms with E-state index >= 15 is 0 Å². The first-order valence-corrected chi connectivity index (χ1v) is 8.95. The largest absolute Gasteiger partial charge is 0.508 e. The van der Waals surface area contributed by atoms with Crippen LogP contribution >= 0.6 is 11.3 Å². The van der Waals surface area contributed by atoms with Crippen LogP contribution in [0, 0.1) is 0 Å². The summed E-state index contributed by atoms with van der Waals surface area (Å²) in [5.74, 6) is 1.57. The molecule has 124 valence electrons. The number of hydrogen-bond donors (Lipinski definition) is 3. The molecule has 1 unspecified atom stereocenters. The van der Waals surface area contributed by atoms with Gasteiger partial charge in [-0.3, -0.25) is 4.99 Å². The van der Waals surface area contributed by atoms with Crippen molar-refractivity contribution >= 4 is 17.3 Å². The van der Waals surface area contributed by atoms with Crippen LogP contribution in [0.2, 0.25) is 0 Å². The molecule has 2 rings (SSSR count). The molecule has 1 atom stereocenters. The lowest BCUT2D eigenvalue weighted by Crippen LogP contribution is -2.38. The molecule has 0 bridgehead atoms. The van der Waals surface area contributed by atoms with E-state index in [-0.39, 0.29) is 0 Å². The third-order valence-electron chi connectivity index (χ3n) is 3.60. The number of rotatable bonds is 7. The third-order valence-corrected chi connectivity index (χ3v) is 4.30. The van der Waals surface area contributed by atoms with Crippen LogP contribution in [0.25, 0.3) is 0 Å². The zero-order valence-corrected chi connectivity index (χ0v) is 14.6. The van der Waals surface area contributed by atoms with Gasteiger partial charge in [-0.15, -0.1) is 0 Å². The van der Waals surface area contributed by atoms with Crippen LogP contribution < -0.4 is 10.6 Å². The van der Waals surface area contributed by atoms with E-state index in [4.69, 9.17) is 0 Å². The third kappa shape index (κ3) is 5.94. The van der Waals surface area contributed by atoms with Crippen molar-refractivity contribution in [2.75, 3.05) is 19.6 Å². The molecule has 5 heteroatoms. The summed E-state index contributed by atoms with van der Waals surface area (Å²) in [6.45, 7) is 6.64. The number of aromatic hydroxyl groups is 1. The predicted octanol–water partition coefficient (Wildman–Crippen LogP) is 3.36. The van der Waals surface area contributed by atoms with Gasteiger partial charge in [0.15, 0.2) is 5.96 Å². The second-order valence-corrected chi connectivity index (χ2v) is 6.30. The number of phenols is 1. The van der Waals surface area contributed by atoms with Crippen LogP contribution in [-0.2, 0) is 6.42 Å². The van der Waals surface area contributed by atoms with Gasteiger partial charge in [-0.1, -0.05) is 19.1 Å².